The van der Waals surface area contributed by atoms with Crippen molar-refractivity contribution in [2.24, 2.45) is 0 Å². The Morgan fingerprint density at radius 2 is 1.71 bits per heavy atom. The van der Waals surface area contributed by atoms with E-state index >= 15 is 0 Å². The number of amides is 1. The van der Waals surface area contributed by atoms with Gasteiger partial charge in [-0.15, -0.1) is 0 Å². The van der Waals surface area contributed by atoms with Gasteiger partial charge in [0.15, 0.2) is 0 Å². The molecule has 0 bridgehead atoms. The van der Waals surface area contributed by atoms with E-state index in [1.165, 1.54) is 17.7 Å². The number of nitrogens with one attached hydrogen (secondary N) is 1. The van der Waals surface area contributed by atoms with Crippen molar-refractivity contribution < 1.29 is 13.6 Å². The molecule has 1 amide bonds. The Hall–Kier alpha value is -2.53. The Balaban J connectivity index is 0.000000409. The van der Waals surface area contributed by atoms with Gasteiger partial charge < -0.3 is 5.32 Å². The normalized spacial score (nSPS) is 15.4. The summed E-state index contributed by atoms with van der Waals surface area (Å²) in [7, 11) is 0. The lowest BCUT2D eigenvalue weighted by atomic mass is 10.0. The van der Waals surface area contributed by atoms with Crippen molar-refractivity contribution in [3.8, 4) is 0 Å². The second kappa shape index (κ2) is 14.5. The minimum absolute atomic E-state index is 0.119. The average Bonchev–Trinajstić information content (AvgIpc) is 3.25. The second-order valence-electron chi connectivity index (χ2n) is 7.03. The molecule has 1 aliphatic heterocycles. The minimum atomic E-state index is -0.404. The van der Waals surface area contributed by atoms with E-state index in [-0.39, 0.29) is 11.9 Å². The van der Waals surface area contributed by atoms with E-state index in [2.05, 4.69) is 43.1 Å². The summed E-state index contributed by atoms with van der Waals surface area (Å²) in [5, 5.41) is 2.70. The van der Waals surface area contributed by atoms with Crippen LogP contribution in [0.3, 0.4) is 0 Å². The fraction of sp³-hybridized carbons (Fsp3) is 0.423. The van der Waals surface area contributed by atoms with Gasteiger partial charge in [-0.2, -0.15) is 0 Å². The summed E-state index contributed by atoms with van der Waals surface area (Å²) >= 11 is 0. The summed E-state index contributed by atoms with van der Waals surface area (Å²) in [6.07, 6.45) is 4.85. The highest BCUT2D eigenvalue weighted by atomic mass is 19.1. The Bertz CT molecular complexity index is 804. The van der Waals surface area contributed by atoms with Crippen LogP contribution in [0.4, 0.5) is 8.78 Å². The molecule has 5 heteroatoms. The Kier molecular flexibility index (Phi) is 12.4. The maximum Gasteiger partial charge on any atom is 0.207 e. The molecule has 0 saturated carbocycles. The van der Waals surface area contributed by atoms with Crippen molar-refractivity contribution in [1.82, 2.24) is 10.2 Å². The SMILES string of the molecule is CC.CCC(CC)NC=O.CCN1CC(c2cc(F)ccc2F)=C[C@H]1c1ccccc1. The highest BCUT2D eigenvalue weighted by Gasteiger charge is 2.26. The topological polar surface area (TPSA) is 32.3 Å². The molecule has 3 nitrogen and oxygen atoms in total. The van der Waals surface area contributed by atoms with Crippen LogP contribution in [0.5, 0.6) is 0 Å². The van der Waals surface area contributed by atoms with E-state index in [4.69, 9.17) is 0 Å². The van der Waals surface area contributed by atoms with Gasteiger partial charge in [-0.3, -0.25) is 9.69 Å². The summed E-state index contributed by atoms with van der Waals surface area (Å²) in [6, 6.07) is 14.2. The number of nitrogens with zero attached hydrogens (tertiary/aromatic N) is 1. The minimum Gasteiger partial charge on any atom is -0.356 e. The molecule has 0 aliphatic carbocycles. The van der Waals surface area contributed by atoms with Crippen LogP contribution in [0.1, 0.15) is 64.6 Å². The van der Waals surface area contributed by atoms with Gasteiger partial charge in [0.05, 0.1) is 6.04 Å². The first-order valence-corrected chi connectivity index (χ1v) is 11.2. The highest BCUT2D eigenvalue weighted by molar-refractivity contribution is 5.70. The molecular formula is C26H36F2N2O. The number of hydrogen-bond acceptors (Lipinski definition) is 2. The molecule has 0 saturated heterocycles. The van der Waals surface area contributed by atoms with Crippen LogP contribution in [-0.4, -0.2) is 30.4 Å². The third-order valence-electron chi connectivity index (χ3n) is 5.24. The molecular weight excluding hydrogens is 394 g/mol. The van der Waals surface area contributed by atoms with Crippen LogP contribution >= 0.6 is 0 Å². The van der Waals surface area contributed by atoms with Crippen molar-refractivity contribution in [3.05, 3.63) is 77.4 Å². The van der Waals surface area contributed by atoms with Crippen LogP contribution in [0.2, 0.25) is 0 Å². The second-order valence-corrected chi connectivity index (χ2v) is 7.03. The molecule has 170 valence electrons. The standard InChI is InChI=1S/C18H17F2N.C6H13NO.C2H6/c1-2-21-12-14(16-11-15(19)8-9-17(16)20)10-18(21)13-6-4-3-5-7-13;1-3-6(4-2)7-5-8;1-2/h3-11,18H,2,12H2,1H3;5-6H,3-4H2,1-2H3,(H,7,8);1-2H3/t18-;;/m0../s1. The van der Waals surface area contributed by atoms with E-state index in [1.54, 1.807) is 0 Å². The predicted octanol–water partition coefficient (Wildman–Crippen LogP) is 6.37. The Morgan fingerprint density at radius 1 is 1.06 bits per heavy atom. The number of benzene rings is 2. The molecule has 31 heavy (non-hydrogen) atoms. The summed E-state index contributed by atoms with van der Waals surface area (Å²) in [6.45, 7) is 11.7. The lowest BCUT2D eigenvalue weighted by Crippen LogP contribution is -2.25. The molecule has 0 aromatic heterocycles. The van der Waals surface area contributed by atoms with E-state index in [0.29, 0.717) is 18.2 Å². The quantitative estimate of drug-likeness (QED) is 0.518. The molecule has 2 aromatic rings. The van der Waals surface area contributed by atoms with Crippen molar-refractivity contribution in [3.63, 3.8) is 0 Å². The van der Waals surface area contributed by atoms with Gasteiger partial charge in [-0.05, 0) is 48.7 Å². The predicted molar refractivity (Wildman–Crippen MR) is 126 cm³/mol. The first-order chi connectivity index (χ1) is 15.0. The molecule has 0 fully saturated rings. The van der Waals surface area contributed by atoms with Gasteiger partial charge in [0.1, 0.15) is 11.6 Å². The van der Waals surface area contributed by atoms with Gasteiger partial charge in [0.25, 0.3) is 0 Å². The largest absolute Gasteiger partial charge is 0.356 e. The summed E-state index contributed by atoms with van der Waals surface area (Å²) in [5.41, 5.74) is 2.39. The molecule has 0 unspecified atom stereocenters. The smallest absolute Gasteiger partial charge is 0.207 e. The molecule has 1 atom stereocenters. The lowest BCUT2D eigenvalue weighted by Gasteiger charge is -2.22. The third-order valence-corrected chi connectivity index (χ3v) is 5.24. The molecule has 2 aromatic carbocycles. The zero-order chi connectivity index (χ0) is 23.2. The van der Waals surface area contributed by atoms with Crippen molar-refractivity contribution >= 4 is 12.0 Å². The van der Waals surface area contributed by atoms with Crippen molar-refractivity contribution in [2.75, 3.05) is 13.1 Å². The first kappa shape index (κ1) is 26.5. The molecule has 1 aliphatic rings. The van der Waals surface area contributed by atoms with E-state index in [9.17, 15) is 13.6 Å². The van der Waals surface area contributed by atoms with Gasteiger partial charge >= 0.3 is 0 Å². The summed E-state index contributed by atoms with van der Waals surface area (Å²) < 4.78 is 27.3. The average molecular weight is 431 g/mol. The van der Waals surface area contributed by atoms with Crippen LogP contribution in [0.25, 0.3) is 5.57 Å². The highest BCUT2D eigenvalue weighted by Crippen LogP contribution is 2.35. The van der Waals surface area contributed by atoms with Crippen LogP contribution in [0, 0.1) is 11.6 Å². The summed E-state index contributed by atoms with van der Waals surface area (Å²) in [5.74, 6) is -0.772. The van der Waals surface area contributed by atoms with E-state index in [0.717, 1.165) is 37.4 Å². The molecule has 1 heterocycles. The van der Waals surface area contributed by atoms with Gasteiger partial charge in [0, 0.05) is 18.2 Å². The van der Waals surface area contributed by atoms with Crippen LogP contribution in [0.15, 0.2) is 54.6 Å². The fourth-order valence-corrected chi connectivity index (χ4v) is 3.47. The maximum atomic E-state index is 14.0. The van der Waals surface area contributed by atoms with Gasteiger partial charge in [-0.25, -0.2) is 8.78 Å². The molecule has 0 spiro atoms. The maximum absolute atomic E-state index is 14.0. The van der Waals surface area contributed by atoms with Crippen molar-refractivity contribution in [1.29, 1.82) is 0 Å². The number of likely N-dealkylation sites (N-methyl/N-ethyl adjacent to an activating group) is 1. The first-order valence-electron chi connectivity index (χ1n) is 11.2. The monoisotopic (exact) mass is 430 g/mol. The van der Waals surface area contributed by atoms with Gasteiger partial charge in [-0.1, -0.05) is 71.0 Å². The third kappa shape index (κ3) is 7.91. The number of rotatable bonds is 7. The lowest BCUT2D eigenvalue weighted by molar-refractivity contribution is -0.110. The van der Waals surface area contributed by atoms with Crippen molar-refractivity contribution in [2.45, 2.75) is 59.5 Å². The Labute approximate surface area is 186 Å². The molecule has 1 N–H and O–H groups in total. The number of carbonyl (C=O) groups is 1. The van der Waals surface area contributed by atoms with E-state index < -0.39 is 5.82 Å². The number of carbonyl (C=O) groups excluding carboxylic acids is 1. The van der Waals surface area contributed by atoms with Gasteiger partial charge in [0.2, 0.25) is 6.41 Å². The number of halogens is 2. The van der Waals surface area contributed by atoms with Crippen LogP contribution in [-0.2, 0) is 4.79 Å². The fourth-order valence-electron chi connectivity index (χ4n) is 3.47. The zero-order valence-electron chi connectivity index (χ0n) is 19.4. The molecule has 3 rings (SSSR count). The number of hydrogen-bond donors (Lipinski definition) is 1. The summed E-state index contributed by atoms with van der Waals surface area (Å²) in [4.78, 5) is 12.1. The molecule has 0 radical (unpaired) electrons. The Morgan fingerprint density at radius 3 is 2.23 bits per heavy atom. The van der Waals surface area contributed by atoms with E-state index in [1.807, 2.05) is 38.1 Å². The van der Waals surface area contributed by atoms with Crippen LogP contribution < -0.4 is 5.32 Å². The zero-order valence-corrected chi connectivity index (χ0v) is 19.4.